The first kappa shape index (κ1) is 19.7. The minimum absolute atomic E-state index is 0. The van der Waals surface area contributed by atoms with Crippen LogP contribution in [0.2, 0.25) is 0 Å². The summed E-state index contributed by atoms with van der Waals surface area (Å²) in [4.78, 5) is 25.5. The SMILES string of the molecule is CC(=COC(=O)C1=CCSC2CC(=O)N12)[N@@+]1(C)CCC[C@H]1CO.I. The van der Waals surface area contributed by atoms with Gasteiger partial charge in [-0.2, -0.15) is 0 Å². The number of hydrogen-bond donors (Lipinski definition) is 1. The number of rotatable bonds is 4. The summed E-state index contributed by atoms with van der Waals surface area (Å²) in [6.45, 7) is 2.98. The average molecular weight is 467 g/mol. The monoisotopic (exact) mass is 467 g/mol. The highest BCUT2D eigenvalue weighted by Gasteiger charge is 2.44. The maximum absolute atomic E-state index is 12.3. The zero-order chi connectivity index (χ0) is 16.6. The molecule has 0 aliphatic carbocycles. The lowest BCUT2D eigenvalue weighted by Gasteiger charge is -2.42. The Labute approximate surface area is 163 Å². The average Bonchev–Trinajstić information content (AvgIpc) is 2.92. The zero-order valence-corrected chi connectivity index (χ0v) is 17.1. The number of nitrogens with zero attached hydrogens (tertiary/aromatic N) is 2. The molecule has 2 fully saturated rings. The first-order valence-electron chi connectivity index (χ1n) is 7.95. The number of carbonyl (C=O) groups excluding carboxylic acids is 2. The van der Waals surface area contributed by atoms with Gasteiger partial charge in [0.2, 0.25) is 5.91 Å². The van der Waals surface area contributed by atoms with E-state index in [0.717, 1.165) is 30.8 Å². The van der Waals surface area contributed by atoms with Crippen LogP contribution in [0.4, 0.5) is 0 Å². The van der Waals surface area contributed by atoms with Crippen LogP contribution >= 0.6 is 35.7 Å². The van der Waals surface area contributed by atoms with Gasteiger partial charge in [0.05, 0.1) is 32.0 Å². The molecular formula is C16H24IN2O4S+. The van der Waals surface area contributed by atoms with Gasteiger partial charge in [0.25, 0.3) is 0 Å². The minimum Gasteiger partial charge on any atom is -0.424 e. The van der Waals surface area contributed by atoms with Crippen molar-refractivity contribution in [2.45, 2.75) is 37.6 Å². The second-order valence-electron chi connectivity index (χ2n) is 6.48. The molecule has 0 bridgehead atoms. The Hall–Kier alpha value is -0.580. The van der Waals surface area contributed by atoms with Gasteiger partial charge in [-0.15, -0.1) is 35.7 Å². The number of likely N-dealkylation sites (tertiary alicyclic amines) is 1. The fraction of sp³-hybridized carbons (Fsp3) is 0.625. The number of carbonyl (C=O) groups is 2. The number of aliphatic hydroxyl groups excluding tert-OH is 1. The summed E-state index contributed by atoms with van der Waals surface area (Å²) < 4.78 is 5.95. The number of halogens is 1. The van der Waals surface area contributed by atoms with E-state index in [0.29, 0.717) is 16.6 Å². The molecule has 3 atom stereocenters. The summed E-state index contributed by atoms with van der Waals surface area (Å²) in [5, 5.41) is 9.61. The van der Waals surface area contributed by atoms with Crippen molar-refractivity contribution in [1.29, 1.82) is 0 Å². The Balaban J connectivity index is 0.00000208. The second kappa shape index (κ2) is 7.76. The molecule has 1 amide bonds. The highest BCUT2D eigenvalue weighted by molar-refractivity contribution is 14.0. The van der Waals surface area contributed by atoms with Crippen molar-refractivity contribution in [3.8, 4) is 0 Å². The number of quaternary nitrogens is 1. The normalized spacial score (nSPS) is 32.5. The van der Waals surface area contributed by atoms with E-state index in [2.05, 4.69) is 7.05 Å². The summed E-state index contributed by atoms with van der Waals surface area (Å²) >= 11 is 1.66. The fourth-order valence-corrected chi connectivity index (χ4v) is 4.62. The Morgan fingerprint density at radius 2 is 2.33 bits per heavy atom. The first-order chi connectivity index (χ1) is 11.0. The Morgan fingerprint density at radius 3 is 3.00 bits per heavy atom. The molecule has 134 valence electrons. The molecule has 1 N–H and O–H groups in total. The highest BCUT2D eigenvalue weighted by atomic mass is 127. The summed E-state index contributed by atoms with van der Waals surface area (Å²) in [6.07, 6.45) is 5.76. The standard InChI is InChI=1S/C16H23N2O4S.HI/c1-11(18(2)6-3-4-12(18)9-19)10-22-16(21)13-5-7-23-15-8-14(20)17(13)15;/h5,10,12,15,19H,3-4,6-9H2,1-2H3;1H/q+1;/t12-,15?,18+;/m0./s1. The number of β-lactam (4-membered cyclic amide) rings is 1. The summed E-state index contributed by atoms with van der Waals surface area (Å²) in [5.41, 5.74) is 1.27. The summed E-state index contributed by atoms with van der Waals surface area (Å²) in [6, 6.07) is 0.150. The molecular weight excluding hydrogens is 443 g/mol. The molecule has 0 spiro atoms. The molecule has 24 heavy (non-hydrogen) atoms. The van der Waals surface area contributed by atoms with Gasteiger partial charge in [-0.1, -0.05) is 0 Å². The number of fused-ring (bicyclic) bond motifs is 1. The highest BCUT2D eigenvalue weighted by Crippen LogP contribution is 2.37. The van der Waals surface area contributed by atoms with Crippen molar-refractivity contribution < 1.29 is 23.9 Å². The smallest absolute Gasteiger partial charge is 0.359 e. The van der Waals surface area contributed by atoms with Crippen LogP contribution in [0.5, 0.6) is 0 Å². The van der Waals surface area contributed by atoms with E-state index in [4.69, 9.17) is 4.74 Å². The molecule has 8 heteroatoms. The van der Waals surface area contributed by atoms with Gasteiger partial charge in [-0.25, -0.2) is 4.79 Å². The molecule has 0 aromatic rings. The fourth-order valence-electron chi connectivity index (χ4n) is 3.51. The summed E-state index contributed by atoms with van der Waals surface area (Å²) in [7, 11) is 2.05. The maximum Gasteiger partial charge on any atom is 0.359 e. The Kier molecular flexibility index (Phi) is 6.38. The van der Waals surface area contributed by atoms with Crippen LogP contribution in [0.1, 0.15) is 26.2 Å². The first-order valence-corrected chi connectivity index (χ1v) is 9.00. The maximum atomic E-state index is 12.3. The van der Waals surface area contributed by atoms with Crippen LogP contribution in [0.15, 0.2) is 23.7 Å². The van der Waals surface area contributed by atoms with Crippen molar-refractivity contribution in [1.82, 2.24) is 4.90 Å². The lowest BCUT2D eigenvalue weighted by molar-refractivity contribution is -0.885. The van der Waals surface area contributed by atoms with E-state index in [9.17, 15) is 14.7 Å². The van der Waals surface area contributed by atoms with Gasteiger partial charge < -0.3 is 9.84 Å². The van der Waals surface area contributed by atoms with Crippen LogP contribution in [-0.4, -0.2) is 63.7 Å². The zero-order valence-electron chi connectivity index (χ0n) is 13.9. The third kappa shape index (κ3) is 3.38. The lowest BCUT2D eigenvalue weighted by atomic mass is 10.1. The minimum atomic E-state index is -0.478. The van der Waals surface area contributed by atoms with Crippen LogP contribution in [0, 0.1) is 0 Å². The number of aliphatic hydroxyl groups is 1. The van der Waals surface area contributed by atoms with Gasteiger partial charge in [-0.05, 0) is 6.08 Å². The molecule has 6 nitrogen and oxygen atoms in total. The van der Waals surface area contributed by atoms with E-state index in [-0.39, 0.29) is 47.9 Å². The number of amides is 1. The molecule has 3 heterocycles. The van der Waals surface area contributed by atoms with Crippen molar-refractivity contribution in [2.24, 2.45) is 0 Å². The lowest BCUT2D eigenvalue weighted by Crippen LogP contribution is -2.53. The molecule has 3 aliphatic rings. The molecule has 3 aliphatic heterocycles. The number of ether oxygens (including phenoxy) is 1. The van der Waals surface area contributed by atoms with Crippen LogP contribution in [0.25, 0.3) is 0 Å². The van der Waals surface area contributed by atoms with Gasteiger partial charge in [-0.3, -0.25) is 14.2 Å². The van der Waals surface area contributed by atoms with E-state index >= 15 is 0 Å². The molecule has 0 aromatic carbocycles. The van der Waals surface area contributed by atoms with Crippen LogP contribution in [0.3, 0.4) is 0 Å². The number of thioether (sulfide) groups is 1. The predicted octanol–water partition coefficient (Wildman–Crippen LogP) is 1.80. The molecule has 3 rings (SSSR count). The number of hydrogen-bond acceptors (Lipinski definition) is 5. The van der Waals surface area contributed by atoms with Gasteiger partial charge in [0.15, 0.2) is 6.26 Å². The van der Waals surface area contributed by atoms with E-state index in [1.165, 1.54) is 11.2 Å². The predicted molar refractivity (Wildman–Crippen MR) is 102 cm³/mol. The Bertz CT molecular complexity index is 595. The molecule has 0 radical (unpaired) electrons. The van der Waals surface area contributed by atoms with Crippen LogP contribution in [-0.2, 0) is 14.3 Å². The molecule has 1 unspecified atom stereocenters. The van der Waals surface area contributed by atoms with E-state index < -0.39 is 5.97 Å². The third-order valence-electron chi connectivity index (χ3n) is 5.26. The second-order valence-corrected chi connectivity index (χ2v) is 7.69. The van der Waals surface area contributed by atoms with Crippen LogP contribution < -0.4 is 0 Å². The third-order valence-corrected chi connectivity index (χ3v) is 6.38. The molecule has 0 saturated carbocycles. The number of esters is 1. The van der Waals surface area contributed by atoms with Gasteiger partial charge in [0.1, 0.15) is 17.4 Å². The summed E-state index contributed by atoms with van der Waals surface area (Å²) in [5.74, 6) is 0.223. The Morgan fingerprint density at radius 1 is 1.58 bits per heavy atom. The molecule has 2 saturated heterocycles. The number of likely N-dealkylation sites (N-methyl/N-ethyl adjacent to an activating group) is 1. The van der Waals surface area contributed by atoms with Crippen molar-refractivity contribution in [3.63, 3.8) is 0 Å². The van der Waals surface area contributed by atoms with E-state index in [1.54, 1.807) is 17.8 Å². The number of allylic oxidation sites excluding steroid dienone is 1. The largest absolute Gasteiger partial charge is 0.424 e. The van der Waals surface area contributed by atoms with E-state index in [1.807, 2.05) is 6.92 Å². The molecule has 0 aromatic heterocycles. The van der Waals surface area contributed by atoms with Crippen molar-refractivity contribution in [3.05, 3.63) is 23.7 Å². The quantitative estimate of drug-likeness (QED) is 0.225. The topological polar surface area (TPSA) is 66.8 Å². The van der Waals surface area contributed by atoms with Gasteiger partial charge in [0, 0.05) is 25.5 Å². The van der Waals surface area contributed by atoms with Gasteiger partial charge >= 0.3 is 5.97 Å². The van der Waals surface area contributed by atoms with Crippen molar-refractivity contribution >= 4 is 47.6 Å². The van der Waals surface area contributed by atoms with Crippen molar-refractivity contribution in [2.75, 3.05) is 26.0 Å².